The van der Waals surface area contributed by atoms with Crippen LogP contribution in [-0.4, -0.2) is 19.9 Å². The maximum atomic E-state index is 14.5. The molecule has 0 fully saturated rings. The standard InChI is InChI=1S/C18H14F3N5/c1-2-15-11-7-13(20)12(19)6-10(11)9-26(15)18-14(21)8-24-17(25-18)16-22-4-3-5-23-16/h3-8,15H,2,9H2,1H3. The fourth-order valence-corrected chi connectivity index (χ4v) is 3.26. The SMILES string of the molecule is CCC1c2cc(F)c(F)cc2CN1c1nc(-c2ncccn2)ncc1F. The van der Waals surface area contributed by atoms with Gasteiger partial charge in [0.1, 0.15) is 0 Å². The fraction of sp³-hybridized carbons (Fsp3) is 0.222. The minimum atomic E-state index is -0.915. The molecule has 1 aliphatic heterocycles. The molecule has 5 nitrogen and oxygen atoms in total. The van der Waals surface area contributed by atoms with Gasteiger partial charge in [-0.3, -0.25) is 0 Å². The second-order valence-electron chi connectivity index (χ2n) is 5.95. The van der Waals surface area contributed by atoms with Crippen molar-refractivity contribution in [1.29, 1.82) is 0 Å². The molecule has 26 heavy (non-hydrogen) atoms. The molecule has 0 amide bonds. The van der Waals surface area contributed by atoms with Crippen molar-refractivity contribution >= 4 is 5.82 Å². The van der Waals surface area contributed by atoms with Crippen molar-refractivity contribution in [2.45, 2.75) is 25.9 Å². The summed E-state index contributed by atoms with van der Waals surface area (Å²) in [6.45, 7) is 2.13. The molecule has 1 aliphatic rings. The summed E-state index contributed by atoms with van der Waals surface area (Å²) in [5.41, 5.74) is 1.26. The third-order valence-electron chi connectivity index (χ3n) is 4.41. The molecule has 0 aliphatic carbocycles. The fourth-order valence-electron chi connectivity index (χ4n) is 3.26. The lowest BCUT2D eigenvalue weighted by atomic mass is 10.0. The van der Waals surface area contributed by atoms with E-state index >= 15 is 0 Å². The van der Waals surface area contributed by atoms with Crippen molar-refractivity contribution in [2.24, 2.45) is 0 Å². The van der Waals surface area contributed by atoms with Crippen LogP contribution in [0.15, 0.2) is 36.8 Å². The van der Waals surface area contributed by atoms with Crippen LogP contribution in [0.25, 0.3) is 11.6 Å². The number of anilines is 1. The van der Waals surface area contributed by atoms with E-state index in [1.807, 2.05) is 6.92 Å². The first-order valence-electron chi connectivity index (χ1n) is 8.13. The molecule has 0 radical (unpaired) electrons. The average molecular weight is 357 g/mol. The molecule has 8 heteroatoms. The molecular weight excluding hydrogens is 343 g/mol. The molecule has 0 spiro atoms. The molecule has 2 aromatic heterocycles. The number of nitrogens with zero attached hydrogens (tertiary/aromatic N) is 5. The largest absolute Gasteiger partial charge is 0.343 e. The first-order valence-corrected chi connectivity index (χ1v) is 8.13. The second-order valence-corrected chi connectivity index (χ2v) is 5.95. The third-order valence-corrected chi connectivity index (χ3v) is 4.41. The Kier molecular flexibility index (Phi) is 4.02. The van der Waals surface area contributed by atoms with Gasteiger partial charge < -0.3 is 4.90 Å². The predicted octanol–water partition coefficient (Wildman–Crippen LogP) is 3.82. The number of halogens is 3. The summed E-state index contributed by atoms with van der Waals surface area (Å²) in [6.07, 6.45) is 4.73. The summed E-state index contributed by atoms with van der Waals surface area (Å²) in [5, 5.41) is 0. The van der Waals surface area contributed by atoms with Crippen molar-refractivity contribution in [1.82, 2.24) is 19.9 Å². The zero-order valence-corrected chi connectivity index (χ0v) is 13.8. The molecule has 1 atom stereocenters. The molecule has 3 heterocycles. The number of hydrogen-bond donors (Lipinski definition) is 0. The second kappa shape index (κ2) is 6.36. The number of benzene rings is 1. The summed E-state index contributed by atoms with van der Waals surface area (Å²) >= 11 is 0. The van der Waals surface area contributed by atoms with Crippen LogP contribution >= 0.6 is 0 Å². The van der Waals surface area contributed by atoms with E-state index in [4.69, 9.17) is 0 Å². The first-order chi connectivity index (χ1) is 12.6. The zero-order chi connectivity index (χ0) is 18.3. The van der Waals surface area contributed by atoms with Gasteiger partial charge in [0.25, 0.3) is 0 Å². The minimum Gasteiger partial charge on any atom is -0.343 e. The van der Waals surface area contributed by atoms with Gasteiger partial charge in [0.05, 0.1) is 12.2 Å². The van der Waals surface area contributed by atoms with Crippen LogP contribution in [0.4, 0.5) is 19.0 Å². The van der Waals surface area contributed by atoms with E-state index in [0.29, 0.717) is 17.5 Å². The van der Waals surface area contributed by atoms with Gasteiger partial charge >= 0.3 is 0 Å². The quantitative estimate of drug-likeness (QED) is 0.713. The van der Waals surface area contributed by atoms with Gasteiger partial charge in [0.2, 0.25) is 0 Å². The molecule has 3 aromatic rings. The van der Waals surface area contributed by atoms with E-state index in [0.717, 1.165) is 12.3 Å². The van der Waals surface area contributed by atoms with Crippen molar-refractivity contribution in [3.8, 4) is 11.6 Å². The van der Waals surface area contributed by atoms with Crippen molar-refractivity contribution < 1.29 is 13.2 Å². The number of aromatic nitrogens is 4. The topological polar surface area (TPSA) is 54.8 Å². The molecule has 4 rings (SSSR count). The molecule has 1 unspecified atom stereocenters. The molecule has 1 aromatic carbocycles. The molecule has 0 saturated carbocycles. The van der Waals surface area contributed by atoms with Crippen molar-refractivity contribution in [3.63, 3.8) is 0 Å². The van der Waals surface area contributed by atoms with Gasteiger partial charge in [0.15, 0.2) is 34.9 Å². The summed E-state index contributed by atoms with van der Waals surface area (Å²) in [7, 11) is 0. The lowest BCUT2D eigenvalue weighted by Gasteiger charge is -2.25. The number of hydrogen-bond acceptors (Lipinski definition) is 5. The van der Waals surface area contributed by atoms with Gasteiger partial charge in [-0.25, -0.2) is 33.1 Å². The first kappa shape index (κ1) is 16.4. The summed E-state index contributed by atoms with van der Waals surface area (Å²) in [5.74, 6) is -1.92. The molecule has 132 valence electrons. The number of fused-ring (bicyclic) bond motifs is 1. The van der Waals surface area contributed by atoms with E-state index in [2.05, 4.69) is 19.9 Å². The highest BCUT2D eigenvalue weighted by molar-refractivity contribution is 5.54. The summed E-state index contributed by atoms with van der Waals surface area (Å²) < 4.78 is 41.7. The van der Waals surface area contributed by atoms with Gasteiger partial charge in [-0.2, -0.15) is 0 Å². The Morgan fingerprint density at radius 3 is 2.46 bits per heavy atom. The van der Waals surface area contributed by atoms with E-state index in [-0.39, 0.29) is 30.1 Å². The molecular formula is C18H14F3N5. The van der Waals surface area contributed by atoms with Crippen molar-refractivity contribution in [2.75, 3.05) is 4.90 Å². The Balaban J connectivity index is 1.78. The highest BCUT2D eigenvalue weighted by Gasteiger charge is 2.33. The van der Waals surface area contributed by atoms with Gasteiger partial charge in [-0.1, -0.05) is 6.92 Å². The van der Waals surface area contributed by atoms with Crippen molar-refractivity contribution in [3.05, 3.63) is 65.4 Å². The zero-order valence-electron chi connectivity index (χ0n) is 13.8. The average Bonchev–Trinajstić information content (AvgIpc) is 3.00. The summed E-state index contributed by atoms with van der Waals surface area (Å²) in [6, 6.07) is 3.68. The monoisotopic (exact) mass is 357 g/mol. The Hall–Kier alpha value is -3.03. The molecule has 0 N–H and O–H groups in total. The Morgan fingerprint density at radius 2 is 1.73 bits per heavy atom. The Morgan fingerprint density at radius 1 is 1.00 bits per heavy atom. The maximum Gasteiger partial charge on any atom is 0.199 e. The molecule has 0 saturated heterocycles. The normalized spacial score (nSPS) is 16.0. The smallest absolute Gasteiger partial charge is 0.199 e. The lowest BCUT2D eigenvalue weighted by Crippen LogP contribution is -2.23. The Labute approximate surface area is 147 Å². The molecule has 0 bridgehead atoms. The van der Waals surface area contributed by atoms with Gasteiger partial charge in [-0.05, 0) is 35.7 Å². The lowest BCUT2D eigenvalue weighted by molar-refractivity contribution is 0.505. The van der Waals surface area contributed by atoms with Crippen LogP contribution in [0, 0.1) is 17.5 Å². The van der Waals surface area contributed by atoms with E-state index < -0.39 is 17.5 Å². The highest BCUT2D eigenvalue weighted by atomic mass is 19.2. The van der Waals surface area contributed by atoms with Crippen LogP contribution in [0.3, 0.4) is 0 Å². The summed E-state index contributed by atoms with van der Waals surface area (Å²) in [4.78, 5) is 18.1. The van der Waals surface area contributed by atoms with Crippen LogP contribution in [0.2, 0.25) is 0 Å². The van der Waals surface area contributed by atoms with Gasteiger partial charge in [-0.15, -0.1) is 0 Å². The predicted molar refractivity (Wildman–Crippen MR) is 88.6 cm³/mol. The third kappa shape index (κ3) is 2.67. The van der Waals surface area contributed by atoms with Gasteiger partial charge in [0, 0.05) is 18.9 Å². The maximum absolute atomic E-state index is 14.5. The highest BCUT2D eigenvalue weighted by Crippen LogP contribution is 2.40. The van der Waals surface area contributed by atoms with Crippen LogP contribution in [0.5, 0.6) is 0 Å². The van der Waals surface area contributed by atoms with Crippen LogP contribution in [-0.2, 0) is 6.54 Å². The van der Waals surface area contributed by atoms with E-state index in [1.165, 1.54) is 6.07 Å². The number of rotatable bonds is 3. The Bertz CT molecular complexity index is 965. The van der Waals surface area contributed by atoms with Crippen LogP contribution in [0.1, 0.15) is 30.5 Å². The van der Waals surface area contributed by atoms with Crippen LogP contribution < -0.4 is 4.90 Å². The minimum absolute atomic E-state index is 0.0614. The van der Waals surface area contributed by atoms with E-state index in [1.54, 1.807) is 23.4 Å². The van der Waals surface area contributed by atoms with E-state index in [9.17, 15) is 13.2 Å².